The predicted molar refractivity (Wildman–Crippen MR) is 68.9 cm³/mol. The van der Waals surface area contributed by atoms with Crippen LogP contribution in [0.25, 0.3) is 0 Å². The summed E-state index contributed by atoms with van der Waals surface area (Å²) in [5, 5.41) is 4.13. The zero-order valence-corrected chi connectivity index (χ0v) is 11.0. The number of fused-ring (bicyclic) bond motifs is 2. The highest BCUT2D eigenvalue weighted by Crippen LogP contribution is 2.51. The molecule has 1 aliphatic heterocycles. The van der Waals surface area contributed by atoms with E-state index in [1.165, 1.54) is 19.3 Å². The minimum absolute atomic E-state index is 0.205. The molecular formula is C13H20N4O2. The average Bonchev–Trinajstić information content (AvgIpc) is 3.14. The van der Waals surface area contributed by atoms with E-state index in [2.05, 4.69) is 15.0 Å². The topological polar surface area (TPSA) is 77.4 Å². The standard InChI is InChI=1S/C13H20N4O2/c14-11-9-2-1-8(7-9)10(11)12-15-13(16-19-12)17-3-5-18-6-4-17/h8-11H,1-7,14H2. The monoisotopic (exact) mass is 264 g/mol. The van der Waals surface area contributed by atoms with Crippen LogP contribution in [0.4, 0.5) is 5.95 Å². The third-order valence-corrected chi connectivity index (χ3v) is 4.99. The van der Waals surface area contributed by atoms with Crippen LogP contribution in [0, 0.1) is 11.8 Å². The van der Waals surface area contributed by atoms with Gasteiger partial charge < -0.3 is 19.9 Å². The van der Waals surface area contributed by atoms with Gasteiger partial charge >= 0.3 is 0 Å². The molecule has 1 saturated heterocycles. The normalized spacial score (nSPS) is 38.1. The van der Waals surface area contributed by atoms with Crippen LogP contribution >= 0.6 is 0 Å². The Bertz CT molecular complexity index is 455. The van der Waals surface area contributed by atoms with E-state index in [4.69, 9.17) is 15.0 Å². The summed E-state index contributed by atoms with van der Waals surface area (Å²) in [6.07, 6.45) is 3.77. The molecular weight excluding hydrogens is 244 g/mol. The summed E-state index contributed by atoms with van der Waals surface area (Å²) in [7, 11) is 0. The highest BCUT2D eigenvalue weighted by Gasteiger charge is 2.49. The third-order valence-electron chi connectivity index (χ3n) is 4.99. The van der Waals surface area contributed by atoms with Crippen molar-refractivity contribution in [2.45, 2.75) is 31.2 Å². The van der Waals surface area contributed by atoms with E-state index in [9.17, 15) is 0 Å². The smallest absolute Gasteiger partial charge is 0.266 e. The Morgan fingerprint density at radius 2 is 1.95 bits per heavy atom. The van der Waals surface area contributed by atoms with Crippen LogP contribution in [0.5, 0.6) is 0 Å². The highest BCUT2D eigenvalue weighted by atomic mass is 16.5. The van der Waals surface area contributed by atoms with Crippen LogP contribution in [0.2, 0.25) is 0 Å². The molecule has 2 bridgehead atoms. The number of rotatable bonds is 2. The van der Waals surface area contributed by atoms with Gasteiger partial charge in [0.15, 0.2) is 0 Å². The lowest BCUT2D eigenvalue weighted by Gasteiger charge is -2.25. The minimum Gasteiger partial charge on any atom is -0.378 e. The molecule has 3 aliphatic rings. The van der Waals surface area contributed by atoms with Crippen molar-refractivity contribution in [1.29, 1.82) is 0 Å². The molecule has 4 rings (SSSR count). The largest absolute Gasteiger partial charge is 0.378 e. The summed E-state index contributed by atoms with van der Waals surface area (Å²) >= 11 is 0. The first-order chi connectivity index (χ1) is 9.33. The number of morpholine rings is 1. The van der Waals surface area contributed by atoms with Crippen molar-refractivity contribution in [1.82, 2.24) is 10.1 Å². The second kappa shape index (κ2) is 4.45. The molecule has 0 amide bonds. The van der Waals surface area contributed by atoms with Gasteiger partial charge in [-0.15, -0.1) is 0 Å². The van der Waals surface area contributed by atoms with E-state index in [1.807, 2.05) is 0 Å². The quantitative estimate of drug-likeness (QED) is 0.849. The van der Waals surface area contributed by atoms with Gasteiger partial charge in [-0.25, -0.2) is 0 Å². The van der Waals surface area contributed by atoms with Crippen LogP contribution in [-0.4, -0.2) is 42.5 Å². The average molecular weight is 264 g/mol. The molecule has 2 saturated carbocycles. The number of nitrogens with two attached hydrogens (primary N) is 1. The number of hydrogen-bond acceptors (Lipinski definition) is 6. The van der Waals surface area contributed by atoms with Crippen LogP contribution in [-0.2, 0) is 4.74 Å². The van der Waals surface area contributed by atoms with Gasteiger partial charge in [-0.3, -0.25) is 0 Å². The van der Waals surface area contributed by atoms with Gasteiger partial charge in [-0.1, -0.05) is 0 Å². The molecule has 2 heterocycles. The molecule has 1 aromatic heterocycles. The first-order valence-corrected chi connectivity index (χ1v) is 7.25. The van der Waals surface area contributed by atoms with Gasteiger partial charge in [-0.2, -0.15) is 4.98 Å². The Kier molecular flexibility index (Phi) is 2.73. The number of anilines is 1. The number of aromatic nitrogens is 2. The summed E-state index contributed by atoms with van der Waals surface area (Å²) in [6.45, 7) is 3.14. The van der Waals surface area contributed by atoms with E-state index in [-0.39, 0.29) is 12.0 Å². The zero-order valence-electron chi connectivity index (χ0n) is 11.0. The van der Waals surface area contributed by atoms with Gasteiger partial charge in [0, 0.05) is 19.1 Å². The van der Waals surface area contributed by atoms with E-state index in [0.29, 0.717) is 17.8 Å². The minimum atomic E-state index is 0.205. The van der Waals surface area contributed by atoms with E-state index in [0.717, 1.165) is 32.2 Å². The number of ether oxygens (including phenoxy) is 1. The number of hydrogen-bond donors (Lipinski definition) is 1. The van der Waals surface area contributed by atoms with Crippen LogP contribution in [0.3, 0.4) is 0 Å². The van der Waals surface area contributed by atoms with Crippen molar-refractivity contribution in [3.8, 4) is 0 Å². The fourth-order valence-electron chi connectivity index (χ4n) is 3.96. The van der Waals surface area contributed by atoms with Crippen molar-refractivity contribution in [3.63, 3.8) is 0 Å². The molecule has 104 valence electrons. The molecule has 6 nitrogen and oxygen atoms in total. The molecule has 6 heteroatoms. The lowest BCUT2D eigenvalue weighted by molar-refractivity contribution is 0.121. The van der Waals surface area contributed by atoms with Gasteiger partial charge in [0.1, 0.15) is 0 Å². The molecule has 3 fully saturated rings. The summed E-state index contributed by atoms with van der Waals surface area (Å²) in [4.78, 5) is 6.72. The maximum Gasteiger partial charge on any atom is 0.266 e. The maximum absolute atomic E-state index is 6.32. The molecule has 19 heavy (non-hydrogen) atoms. The zero-order chi connectivity index (χ0) is 12.8. The maximum atomic E-state index is 6.32. The molecule has 2 N–H and O–H groups in total. The Morgan fingerprint density at radius 3 is 2.68 bits per heavy atom. The molecule has 0 radical (unpaired) electrons. The van der Waals surface area contributed by atoms with Crippen molar-refractivity contribution in [2.75, 3.05) is 31.2 Å². The summed E-state index contributed by atoms with van der Waals surface area (Å²) < 4.78 is 10.8. The predicted octanol–water partition coefficient (Wildman–Crippen LogP) is 0.747. The van der Waals surface area contributed by atoms with Crippen molar-refractivity contribution in [2.24, 2.45) is 17.6 Å². The summed E-state index contributed by atoms with van der Waals surface area (Å²) in [5.74, 6) is 3.04. The molecule has 1 aromatic rings. The van der Waals surface area contributed by atoms with Crippen LogP contribution in [0.1, 0.15) is 31.1 Å². The molecule has 2 aliphatic carbocycles. The van der Waals surface area contributed by atoms with Gasteiger partial charge in [0.25, 0.3) is 5.95 Å². The van der Waals surface area contributed by atoms with Gasteiger partial charge in [-0.05, 0) is 36.3 Å². The van der Waals surface area contributed by atoms with E-state index >= 15 is 0 Å². The lowest BCUT2D eigenvalue weighted by atomic mass is 9.85. The highest BCUT2D eigenvalue weighted by molar-refractivity contribution is 5.29. The molecule has 4 atom stereocenters. The second-order valence-corrected chi connectivity index (χ2v) is 5.97. The Morgan fingerprint density at radius 1 is 1.16 bits per heavy atom. The van der Waals surface area contributed by atoms with Gasteiger partial charge in [0.05, 0.1) is 19.1 Å². The fourth-order valence-corrected chi connectivity index (χ4v) is 3.96. The number of nitrogens with zero attached hydrogens (tertiary/aromatic N) is 3. The first-order valence-electron chi connectivity index (χ1n) is 7.25. The Labute approximate surface area is 112 Å². The Hall–Kier alpha value is -1.14. The first kappa shape index (κ1) is 11.7. The van der Waals surface area contributed by atoms with Crippen molar-refractivity contribution < 1.29 is 9.26 Å². The fraction of sp³-hybridized carbons (Fsp3) is 0.846. The van der Waals surface area contributed by atoms with E-state index in [1.54, 1.807) is 0 Å². The van der Waals surface area contributed by atoms with Crippen LogP contribution in [0.15, 0.2) is 4.52 Å². The third kappa shape index (κ3) is 1.85. The summed E-state index contributed by atoms with van der Waals surface area (Å²) in [6, 6.07) is 0.205. The van der Waals surface area contributed by atoms with E-state index < -0.39 is 0 Å². The SMILES string of the molecule is NC1C2CCC(C2)C1c1nc(N2CCOCC2)no1. The molecule has 0 aromatic carbocycles. The van der Waals surface area contributed by atoms with Crippen molar-refractivity contribution in [3.05, 3.63) is 5.89 Å². The Balaban J connectivity index is 1.54. The van der Waals surface area contributed by atoms with Crippen LogP contribution < -0.4 is 10.6 Å². The van der Waals surface area contributed by atoms with Crippen molar-refractivity contribution >= 4 is 5.95 Å². The molecule has 4 unspecified atom stereocenters. The molecule has 0 spiro atoms. The summed E-state index contributed by atoms with van der Waals surface area (Å²) in [5.41, 5.74) is 6.32. The second-order valence-electron chi connectivity index (χ2n) is 5.97. The lowest BCUT2D eigenvalue weighted by Crippen LogP contribution is -2.37. The van der Waals surface area contributed by atoms with Gasteiger partial charge in [0.2, 0.25) is 5.89 Å².